The van der Waals surface area contributed by atoms with E-state index < -0.39 is 38.1 Å². The number of fused-ring (bicyclic) bond motifs is 2. The number of benzene rings is 4. The predicted molar refractivity (Wildman–Crippen MR) is 173 cm³/mol. The molecule has 5 aromatic rings. The number of hydrogen-bond donors (Lipinski definition) is 1. The highest BCUT2D eigenvalue weighted by Crippen LogP contribution is 2.49. The Labute approximate surface area is 260 Å². The number of aliphatic hydroxyl groups is 1. The van der Waals surface area contributed by atoms with Gasteiger partial charge in [-0.15, -0.1) is 0 Å². The van der Waals surface area contributed by atoms with Gasteiger partial charge in [-0.25, -0.2) is 21.8 Å². The maximum absolute atomic E-state index is 13.2. The second kappa shape index (κ2) is 12.0. The summed E-state index contributed by atoms with van der Waals surface area (Å²) in [5.41, 5.74) is 0.616. The van der Waals surface area contributed by atoms with Crippen LogP contribution in [0.2, 0.25) is 0 Å². The van der Waals surface area contributed by atoms with Crippen LogP contribution < -0.4 is 4.74 Å². The van der Waals surface area contributed by atoms with Crippen LogP contribution in [-0.4, -0.2) is 56.8 Å². The van der Waals surface area contributed by atoms with Gasteiger partial charge in [-0.1, -0.05) is 92.4 Å². The highest BCUT2D eigenvalue weighted by molar-refractivity contribution is 9.10. The lowest BCUT2D eigenvalue weighted by atomic mass is 9.70. The summed E-state index contributed by atoms with van der Waals surface area (Å²) in [7, 11) is -6.85. The lowest BCUT2D eigenvalue weighted by molar-refractivity contribution is 0.00991. The van der Waals surface area contributed by atoms with Gasteiger partial charge in [0.05, 0.1) is 25.1 Å². The first-order valence-corrected chi connectivity index (χ1v) is 17.9. The van der Waals surface area contributed by atoms with E-state index in [1.54, 1.807) is 6.07 Å². The van der Waals surface area contributed by atoms with E-state index in [0.29, 0.717) is 25.9 Å². The van der Waals surface area contributed by atoms with E-state index in [-0.39, 0.29) is 12.3 Å². The van der Waals surface area contributed by atoms with Gasteiger partial charge in [-0.2, -0.15) is 0 Å². The van der Waals surface area contributed by atoms with Crippen molar-refractivity contribution in [2.24, 2.45) is 0 Å². The standard InChI is InChI=1S/C32H31BrN2O6S2/c1-41-31-27(21-24-20-25(33)16-17-29(24)34-31)30(23-11-5-4-6-12-23)32(36,18-19-35(42(2,37)38)43(3,39)40)28-15-9-13-22-10-7-8-14-26(22)28/h4-17,20-21,30,36H,18-19H2,1-3H3. The van der Waals surface area contributed by atoms with Gasteiger partial charge < -0.3 is 9.84 Å². The number of hydrogen-bond acceptors (Lipinski definition) is 7. The Morgan fingerprint density at radius 3 is 2.19 bits per heavy atom. The van der Waals surface area contributed by atoms with E-state index in [2.05, 4.69) is 15.9 Å². The lowest BCUT2D eigenvalue weighted by Crippen LogP contribution is -2.42. The quantitative estimate of drug-likeness (QED) is 0.198. The van der Waals surface area contributed by atoms with Gasteiger partial charge in [0.1, 0.15) is 5.60 Å². The van der Waals surface area contributed by atoms with Crippen molar-refractivity contribution < 1.29 is 26.7 Å². The normalized spacial score (nSPS) is 14.6. The first kappa shape index (κ1) is 31.1. The Bertz CT molecular complexity index is 1980. The number of ether oxygens (including phenoxy) is 1. The number of pyridine rings is 1. The zero-order valence-corrected chi connectivity index (χ0v) is 27.0. The summed E-state index contributed by atoms with van der Waals surface area (Å²) < 4.78 is 57.7. The molecule has 4 aromatic carbocycles. The molecule has 0 saturated carbocycles. The van der Waals surface area contributed by atoms with E-state index in [9.17, 15) is 21.9 Å². The Hall–Kier alpha value is -3.35. The van der Waals surface area contributed by atoms with Crippen molar-refractivity contribution in [3.8, 4) is 5.88 Å². The summed E-state index contributed by atoms with van der Waals surface area (Å²) in [6, 6.07) is 30.0. The molecule has 1 aromatic heterocycles. The van der Waals surface area contributed by atoms with E-state index in [4.69, 9.17) is 9.72 Å². The van der Waals surface area contributed by atoms with Crippen molar-refractivity contribution in [1.29, 1.82) is 0 Å². The molecule has 0 aliphatic rings. The van der Waals surface area contributed by atoms with Crippen molar-refractivity contribution in [1.82, 2.24) is 8.69 Å². The first-order chi connectivity index (χ1) is 20.3. The Morgan fingerprint density at radius 1 is 0.860 bits per heavy atom. The summed E-state index contributed by atoms with van der Waals surface area (Å²) in [5, 5.41) is 15.6. The fourth-order valence-corrected chi connectivity index (χ4v) is 8.94. The second-order valence-electron chi connectivity index (χ2n) is 10.5. The van der Waals surface area contributed by atoms with Gasteiger partial charge in [-0.05, 0) is 52.6 Å². The van der Waals surface area contributed by atoms with Gasteiger partial charge in [0, 0.05) is 27.9 Å². The largest absolute Gasteiger partial charge is 0.481 e. The fraction of sp³-hybridized carbons (Fsp3) is 0.219. The second-order valence-corrected chi connectivity index (χ2v) is 15.5. The molecule has 1 N–H and O–H groups in total. The molecule has 2 unspecified atom stereocenters. The average molecular weight is 684 g/mol. The summed E-state index contributed by atoms with van der Waals surface area (Å²) in [4.78, 5) is 4.77. The molecule has 11 heteroatoms. The van der Waals surface area contributed by atoms with Gasteiger partial charge in [-0.3, -0.25) is 0 Å². The van der Waals surface area contributed by atoms with Crippen molar-refractivity contribution >= 4 is 57.7 Å². The van der Waals surface area contributed by atoms with Crippen LogP contribution in [0, 0.1) is 0 Å². The molecule has 0 fully saturated rings. The van der Waals surface area contributed by atoms with Crippen LogP contribution in [0.5, 0.6) is 5.88 Å². The van der Waals surface area contributed by atoms with Crippen LogP contribution in [-0.2, 0) is 25.6 Å². The molecule has 5 rings (SSSR count). The van der Waals surface area contributed by atoms with E-state index in [0.717, 1.165) is 33.1 Å². The molecule has 0 aliphatic heterocycles. The number of aromatic nitrogens is 1. The highest BCUT2D eigenvalue weighted by Gasteiger charge is 2.44. The summed E-state index contributed by atoms with van der Waals surface area (Å²) in [5.74, 6) is -0.572. The number of sulfonamides is 2. The van der Waals surface area contributed by atoms with Crippen LogP contribution in [0.25, 0.3) is 21.7 Å². The van der Waals surface area contributed by atoms with Crippen LogP contribution in [0.4, 0.5) is 0 Å². The number of halogens is 1. The minimum absolute atomic E-state index is 0.264. The molecule has 8 nitrogen and oxygen atoms in total. The smallest absolute Gasteiger partial charge is 0.224 e. The van der Waals surface area contributed by atoms with Crippen LogP contribution in [0.15, 0.2) is 102 Å². The molecule has 0 spiro atoms. The van der Waals surface area contributed by atoms with Gasteiger partial charge in [0.15, 0.2) is 0 Å². The summed E-state index contributed by atoms with van der Waals surface area (Å²) >= 11 is 3.53. The minimum atomic E-state index is -4.18. The molecular formula is C32H31BrN2O6S2. The van der Waals surface area contributed by atoms with Gasteiger partial charge in [0.25, 0.3) is 0 Å². The SMILES string of the molecule is COc1nc2ccc(Br)cc2cc1C(c1ccccc1)C(O)(CCN(S(C)(=O)=O)S(C)(=O)=O)c1cccc2ccccc12. The minimum Gasteiger partial charge on any atom is -0.481 e. The Kier molecular flexibility index (Phi) is 8.65. The third-order valence-electron chi connectivity index (χ3n) is 7.56. The molecule has 224 valence electrons. The van der Waals surface area contributed by atoms with Gasteiger partial charge >= 0.3 is 0 Å². The number of rotatable bonds is 10. The molecule has 1 heterocycles. The van der Waals surface area contributed by atoms with Crippen molar-refractivity contribution in [2.75, 3.05) is 26.2 Å². The third-order valence-corrected chi connectivity index (χ3v) is 11.5. The molecule has 43 heavy (non-hydrogen) atoms. The first-order valence-electron chi connectivity index (χ1n) is 13.4. The molecular weight excluding hydrogens is 652 g/mol. The molecule has 0 saturated heterocycles. The Morgan fingerprint density at radius 2 is 1.51 bits per heavy atom. The Balaban J connectivity index is 1.85. The summed E-state index contributed by atoms with van der Waals surface area (Å²) in [6.07, 6.45) is 1.42. The highest BCUT2D eigenvalue weighted by atomic mass is 79.9. The van der Waals surface area contributed by atoms with Crippen molar-refractivity contribution in [3.63, 3.8) is 0 Å². The molecule has 0 bridgehead atoms. The van der Waals surface area contributed by atoms with E-state index in [1.165, 1.54) is 7.11 Å². The maximum atomic E-state index is 13.2. The summed E-state index contributed by atoms with van der Waals surface area (Å²) in [6.45, 7) is -0.490. The van der Waals surface area contributed by atoms with Crippen LogP contribution >= 0.6 is 15.9 Å². The molecule has 0 radical (unpaired) electrons. The maximum Gasteiger partial charge on any atom is 0.224 e. The van der Waals surface area contributed by atoms with E-state index >= 15 is 0 Å². The zero-order chi connectivity index (χ0) is 31.0. The van der Waals surface area contributed by atoms with Gasteiger partial charge in [0.2, 0.25) is 25.9 Å². The fourth-order valence-electron chi connectivity index (χ4n) is 5.75. The third kappa shape index (κ3) is 6.32. The monoisotopic (exact) mass is 682 g/mol. The zero-order valence-electron chi connectivity index (χ0n) is 23.8. The van der Waals surface area contributed by atoms with E-state index in [1.807, 2.05) is 91.0 Å². The molecule has 2 atom stereocenters. The molecule has 0 amide bonds. The lowest BCUT2D eigenvalue weighted by Gasteiger charge is -2.39. The van der Waals surface area contributed by atoms with Crippen LogP contribution in [0.3, 0.4) is 0 Å². The van der Waals surface area contributed by atoms with Crippen LogP contribution in [0.1, 0.15) is 29.0 Å². The number of nitrogens with zero attached hydrogens (tertiary/aromatic N) is 2. The number of methoxy groups -OCH3 is 1. The topological polar surface area (TPSA) is 114 Å². The van der Waals surface area contributed by atoms with Crippen molar-refractivity contribution in [3.05, 3.63) is 118 Å². The van der Waals surface area contributed by atoms with Crippen molar-refractivity contribution in [2.45, 2.75) is 17.9 Å². The predicted octanol–water partition coefficient (Wildman–Crippen LogP) is 5.79. The average Bonchev–Trinajstić information content (AvgIpc) is 2.95. The molecule has 0 aliphatic carbocycles.